The minimum absolute atomic E-state index is 0.411. The first-order valence-corrected chi connectivity index (χ1v) is 5.94. The van der Waals surface area contributed by atoms with Crippen molar-refractivity contribution in [1.29, 1.82) is 0 Å². The molecule has 0 amide bonds. The van der Waals surface area contributed by atoms with Crippen LogP contribution in [0.15, 0.2) is 18.2 Å². The summed E-state index contributed by atoms with van der Waals surface area (Å²) in [6.07, 6.45) is 0. The number of halogens is 1. The number of hydrogen-bond acceptors (Lipinski definition) is 4. The van der Waals surface area contributed by atoms with E-state index < -0.39 is 17.6 Å². The lowest BCUT2D eigenvalue weighted by Gasteiger charge is -2.22. The predicted octanol–water partition coefficient (Wildman–Crippen LogP) is 2.69. The van der Waals surface area contributed by atoms with E-state index >= 15 is 0 Å². The van der Waals surface area contributed by atoms with Crippen LogP contribution in [0.2, 0.25) is 5.02 Å². The van der Waals surface area contributed by atoms with Crippen molar-refractivity contribution in [3.05, 3.63) is 28.8 Å². The van der Waals surface area contributed by atoms with E-state index in [2.05, 4.69) is 0 Å². The molecule has 1 aromatic carbocycles. The van der Waals surface area contributed by atoms with Crippen LogP contribution in [0.4, 0.5) is 0 Å². The molecule has 0 aliphatic carbocycles. The van der Waals surface area contributed by atoms with E-state index in [1.54, 1.807) is 39.0 Å². The highest BCUT2D eigenvalue weighted by Crippen LogP contribution is 2.27. The third kappa shape index (κ3) is 3.89. The Morgan fingerprint density at radius 3 is 2.44 bits per heavy atom. The van der Waals surface area contributed by atoms with Gasteiger partial charge in [0.25, 0.3) is 0 Å². The number of methoxy groups -OCH3 is 1. The van der Waals surface area contributed by atoms with Crippen molar-refractivity contribution < 1.29 is 14.3 Å². The SMILES string of the molecule is COc1ccc(C(N)C(=O)OC(C)(C)C)cc1Cl. The smallest absolute Gasteiger partial charge is 0.328 e. The Kier molecular flexibility index (Phi) is 4.59. The molecule has 0 aromatic heterocycles. The van der Waals surface area contributed by atoms with Crippen molar-refractivity contribution in [1.82, 2.24) is 0 Å². The Balaban J connectivity index is 2.87. The summed E-state index contributed by atoms with van der Waals surface area (Å²) in [6, 6.07) is 4.11. The minimum atomic E-state index is -0.854. The van der Waals surface area contributed by atoms with Crippen molar-refractivity contribution in [3.8, 4) is 5.75 Å². The molecule has 2 N–H and O–H groups in total. The molecule has 0 saturated heterocycles. The Morgan fingerprint density at radius 2 is 2.00 bits per heavy atom. The van der Waals surface area contributed by atoms with E-state index in [0.29, 0.717) is 16.3 Å². The number of rotatable bonds is 3. The number of ether oxygens (including phenoxy) is 2. The average molecular weight is 272 g/mol. The van der Waals surface area contributed by atoms with Crippen molar-refractivity contribution in [2.75, 3.05) is 7.11 Å². The van der Waals surface area contributed by atoms with Gasteiger partial charge in [-0.2, -0.15) is 0 Å². The number of nitrogens with two attached hydrogens (primary N) is 1. The highest BCUT2D eigenvalue weighted by molar-refractivity contribution is 6.32. The zero-order valence-corrected chi connectivity index (χ0v) is 11.7. The maximum Gasteiger partial charge on any atom is 0.328 e. The lowest BCUT2D eigenvalue weighted by Crippen LogP contribution is -2.31. The van der Waals surface area contributed by atoms with Gasteiger partial charge in [-0.25, -0.2) is 4.79 Å². The molecule has 0 fully saturated rings. The molecule has 0 saturated carbocycles. The predicted molar refractivity (Wildman–Crippen MR) is 70.8 cm³/mol. The fourth-order valence-corrected chi connectivity index (χ4v) is 1.64. The Labute approximate surface area is 112 Å². The van der Waals surface area contributed by atoms with Crippen LogP contribution in [0, 0.1) is 0 Å². The summed E-state index contributed by atoms with van der Waals surface area (Å²) in [5.74, 6) is 0.0561. The molecule has 0 radical (unpaired) electrons. The molecule has 1 atom stereocenters. The summed E-state index contributed by atoms with van der Waals surface area (Å²) in [4.78, 5) is 11.8. The van der Waals surface area contributed by atoms with Crippen LogP contribution in [-0.4, -0.2) is 18.7 Å². The molecular formula is C13H18ClNO3. The first-order valence-electron chi connectivity index (χ1n) is 5.56. The molecule has 0 bridgehead atoms. The molecule has 1 aromatic rings. The summed E-state index contributed by atoms with van der Waals surface area (Å²) in [6.45, 7) is 5.37. The van der Waals surface area contributed by atoms with Gasteiger partial charge in [0.05, 0.1) is 12.1 Å². The van der Waals surface area contributed by atoms with E-state index in [0.717, 1.165) is 0 Å². The van der Waals surface area contributed by atoms with Gasteiger partial charge < -0.3 is 15.2 Å². The minimum Gasteiger partial charge on any atom is -0.495 e. The normalized spacial score (nSPS) is 13.0. The van der Waals surface area contributed by atoms with Gasteiger partial charge in [0.1, 0.15) is 17.4 Å². The van der Waals surface area contributed by atoms with Crippen molar-refractivity contribution in [3.63, 3.8) is 0 Å². The van der Waals surface area contributed by atoms with Gasteiger partial charge in [-0.05, 0) is 38.5 Å². The third-order valence-corrected chi connectivity index (χ3v) is 2.49. The lowest BCUT2D eigenvalue weighted by molar-refractivity contribution is -0.156. The highest BCUT2D eigenvalue weighted by Gasteiger charge is 2.23. The van der Waals surface area contributed by atoms with Crippen LogP contribution < -0.4 is 10.5 Å². The Bertz CT molecular complexity index is 440. The number of benzene rings is 1. The third-order valence-electron chi connectivity index (χ3n) is 2.20. The fourth-order valence-electron chi connectivity index (χ4n) is 1.38. The average Bonchev–Trinajstić information content (AvgIpc) is 2.25. The molecule has 18 heavy (non-hydrogen) atoms. The van der Waals surface area contributed by atoms with Crippen LogP contribution in [0.5, 0.6) is 5.75 Å². The van der Waals surface area contributed by atoms with Gasteiger partial charge in [0.2, 0.25) is 0 Å². The van der Waals surface area contributed by atoms with Gasteiger partial charge in [-0.15, -0.1) is 0 Å². The van der Waals surface area contributed by atoms with E-state index in [9.17, 15) is 4.79 Å². The molecular weight excluding hydrogens is 254 g/mol. The first kappa shape index (κ1) is 14.8. The molecule has 5 heteroatoms. The van der Waals surface area contributed by atoms with Crippen LogP contribution in [-0.2, 0) is 9.53 Å². The van der Waals surface area contributed by atoms with Gasteiger partial charge in [-0.3, -0.25) is 0 Å². The van der Waals surface area contributed by atoms with Gasteiger partial charge >= 0.3 is 5.97 Å². The van der Waals surface area contributed by atoms with E-state index in [1.807, 2.05) is 0 Å². The quantitative estimate of drug-likeness (QED) is 0.859. The topological polar surface area (TPSA) is 61.5 Å². The zero-order valence-electron chi connectivity index (χ0n) is 11.0. The standard InChI is InChI=1S/C13H18ClNO3/c1-13(2,3)18-12(16)11(15)8-5-6-10(17-4)9(14)7-8/h5-7,11H,15H2,1-4H3. The second kappa shape index (κ2) is 5.59. The second-order valence-electron chi connectivity index (χ2n) is 4.91. The van der Waals surface area contributed by atoms with Crippen molar-refractivity contribution in [2.45, 2.75) is 32.4 Å². The molecule has 0 heterocycles. The number of carbonyl (C=O) groups excluding carboxylic acids is 1. The van der Waals surface area contributed by atoms with Crippen molar-refractivity contribution >= 4 is 17.6 Å². The lowest BCUT2D eigenvalue weighted by atomic mass is 10.1. The number of esters is 1. The maximum absolute atomic E-state index is 11.8. The fraction of sp³-hybridized carbons (Fsp3) is 0.462. The molecule has 0 spiro atoms. The highest BCUT2D eigenvalue weighted by atomic mass is 35.5. The van der Waals surface area contributed by atoms with Crippen LogP contribution >= 0.6 is 11.6 Å². The Morgan fingerprint density at radius 1 is 1.39 bits per heavy atom. The summed E-state index contributed by atoms with van der Waals surface area (Å²) in [7, 11) is 1.52. The summed E-state index contributed by atoms with van der Waals surface area (Å²) in [5.41, 5.74) is 5.86. The molecule has 1 rings (SSSR count). The van der Waals surface area contributed by atoms with E-state index in [1.165, 1.54) is 7.11 Å². The maximum atomic E-state index is 11.8. The van der Waals surface area contributed by atoms with Gasteiger partial charge in [-0.1, -0.05) is 17.7 Å². The largest absolute Gasteiger partial charge is 0.495 e. The number of carbonyl (C=O) groups is 1. The first-order chi connectivity index (χ1) is 8.24. The molecule has 0 aliphatic rings. The van der Waals surface area contributed by atoms with Gasteiger partial charge in [0, 0.05) is 0 Å². The van der Waals surface area contributed by atoms with E-state index in [4.69, 9.17) is 26.8 Å². The van der Waals surface area contributed by atoms with Crippen LogP contribution in [0.3, 0.4) is 0 Å². The monoisotopic (exact) mass is 271 g/mol. The molecule has 4 nitrogen and oxygen atoms in total. The second-order valence-corrected chi connectivity index (χ2v) is 5.31. The summed E-state index contributed by atoms with van der Waals surface area (Å²) in [5, 5.41) is 0.411. The summed E-state index contributed by atoms with van der Waals surface area (Å²) >= 11 is 5.98. The van der Waals surface area contributed by atoms with Gasteiger partial charge in [0.15, 0.2) is 0 Å². The van der Waals surface area contributed by atoms with Crippen molar-refractivity contribution in [2.24, 2.45) is 5.73 Å². The molecule has 0 aliphatic heterocycles. The zero-order chi connectivity index (χ0) is 13.9. The molecule has 100 valence electrons. The van der Waals surface area contributed by atoms with E-state index in [-0.39, 0.29) is 0 Å². The molecule has 1 unspecified atom stereocenters. The van der Waals surface area contributed by atoms with Crippen LogP contribution in [0.25, 0.3) is 0 Å². The Hall–Kier alpha value is -1.26. The van der Waals surface area contributed by atoms with Crippen LogP contribution in [0.1, 0.15) is 32.4 Å². The number of hydrogen-bond donors (Lipinski definition) is 1. The summed E-state index contributed by atoms with van der Waals surface area (Å²) < 4.78 is 10.2.